The highest BCUT2D eigenvalue weighted by Gasteiger charge is 2.25. The van der Waals surface area contributed by atoms with Crippen molar-refractivity contribution in [1.29, 1.82) is 0 Å². The Kier molecular flexibility index (Phi) is 6.00. The third-order valence-electron chi connectivity index (χ3n) is 5.56. The molecule has 0 amide bonds. The van der Waals surface area contributed by atoms with E-state index in [0.29, 0.717) is 5.92 Å². The van der Waals surface area contributed by atoms with Crippen molar-refractivity contribution in [1.82, 2.24) is 0 Å². The number of hydrogen-bond acceptors (Lipinski definition) is 0. The molecule has 0 heterocycles. The fourth-order valence-corrected chi connectivity index (χ4v) is 3.78. The van der Waals surface area contributed by atoms with Crippen LogP contribution in [0.1, 0.15) is 103 Å². The van der Waals surface area contributed by atoms with Gasteiger partial charge in [-0.25, -0.2) is 0 Å². The quantitative estimate of drug-likeness (QED) is 0.518. The summed E-state index contributed by atoms with van der Waals surface area (Å²) in [6, 6.07) is 16.3. The van der Waals surface area contributed by atoms with Gasteiger partial charge < -0.3 is 0 Å². The zero-order valence-electron chi connectivity index (χ0n) is 19.3. The predicted molar refractivity (Wildman–Crippen MR) is 121 cm³/mol. The summed E-state index contributed by atoms with van der Waals surface area (Å²) >= 11 is 0. The van der Waals surface area contributed by atoms with Crippen LogP contribution in [0.5, 0.6) is 0 Å². The van der Waals surface area contributed by atoms with Crippen LogP contribution in [0.25, 0.3) is 0 Å². The maximum absolute atomic E-state index is 2.46. The molecule has 27 heavy (non-hydrogen) atoms. The van der Waals surface area contributed by atoms with E-state index in [-0.39, 0.29) is 16.2 Å². The molecule has 0 aliphatic carbocycles. The summed E-state index contributed by atoms with van der Waals surface area (Å²) in [5, 5.41) is 0. The summed E-state index contributed by atoms with van der Waals surface area (Å²) in [6.07, 6.45) is 1.08. The largest absolute Gasteiger partial charge is 0.0617 e. The fourth-order valence-electron chi connectivity index (χ4n) is 3.78. The lowest BCUT2D eigenvalue weighted by Crippen LogP contribution is -2.22. The highest BCUT2D eigenvalue weighted by atomic mass is 14.3. The minimum atomic E-state index is 0.161. The minimum Gasteiger partial charge on any atom is -0.0617 e. The van der Waals surface area contributed by atoms with Crippen LogP contribution >= 0.6 is 0 Å². The summed E-state index contributed by atoms with van der Waals surface area (Å²) in [4.78, 5) is 0. The Balaban J connectivity index is 2.35. The summed E-state index contributed by atoms with van der Waals surface area (Å²) in [6.45, 7) is 23.2. The first-order chi connectivity index (χ1) is 12.2. The number of benzene rings is 2. The standard InChI is InChI=1S/C27H40/c1-19(21-12-11-13-22(18-21)25(2,3)4)16-20-14-15-23(26(5,6)7)24(17-20)27(8,9)10/h11-15,17-19H,16H2,1-10H3. The average molecular weight is 365 g/mol. The highest BCUT2D eigenvalue weighted by Crippen LogP contribution is 2.35. The molecule has 1 atom stereocenters. The molecule has 0 heteroatoms. The molecule has 0 N–H and O–H groups in total. The molecule has 148 valence electrons. The zero-order valence-corrected chi connectivity index (χ0v) is 19.3. The van der Waals surface area contributed by atoms with Crippen molar-refractivity contribution in [2.45, 2.75) is 97.8 Å². The number of hydrogen-bond donors (Lipinski definition) is 0. The van der Waals surface area contributed by atoms with Gasteiger partial charge in [-0.05, 0) is 56.4 Å². The summed E-state index contributed by atoms with van der Waals surface area (Å²) in [7, 11) is 0. The van der Waals surface area contributed by atoms with Crippen LogP contribution in [0.2, 0.25) is 0 Å². The molecule has 0 saturated heterocycles. The Hall–Kier alpha value is -1.56. The van der Waals surface area contributed by atoms with Crippen LogP contribution in [-0.4, -0.2) is 0 Å². The fraction of sp³-hybridized carbons (Fsp3) is 0.556. The van der Waals surface area contributed by atoms with E-state index in [9.17, 15) is 0 Å². The molecule has 0 bridgehead atoms. The Morgan fingerprint density at radius 3 is 1.78 bits per heavy atom. The second kappa shape index (κ2) is 7.46. The van der Waals surface area contributed by atoms with Gasteiger partial charge in [0.2, 0.25) is 0 Å². The van der Waals surface area contributed by atoms with Gasteiger partial charge in [-0.1, -0.05) is 112 Å². The first kappa shape index (κ1) is 21.7. The van der Waals surface area contributed by atoms with E-state index >= 15 is 0 Å². The van der Waals surface area contributed by atoms with E-state index < -0.39 is 0 Å². The van der Waals surface area contributed by atoms with Gasteiger partial charge in [-0.15, -0.1) is 0 Å². The first-order valence-corrected chi connectivity index (χ1v) is 10.4. The molecule has 2 aromatic carbocycles. The molecule has 0 nitrogen and oxygen atoms in total. The van der Waals surface area contributed by atoms with Crippen molar-refractivity contribution < 1.29 is 0 Å². The predicted octanol–water partition coefficient (Wildman–Crippen LogP) is 7.93. The Morgan fingerprint density at radius 1 is 0.667 bits per heavy atom. The van der Waals surface area contributed by atoms with Crippen molar-refractivity contribution in [3.05, 3.63) is 70.3 Å². The van der Waals surface area contributed by atoms with Crippen molar-refractivity contribution in [2.24, 2.45) is 0 Å². The smallest absolute Gasteiger partial charge is 0.0129 e. The lowest BCUT2D eigenvalue weighted by molar-refractivity contribution is 0.529. The van der Waals surface area contributed by atoms with Crippen molar-refractivity contribution in [3.63, 3.8) is 0 Å². The van der Waals surface area contributed by atoms with E-state index in [1.807, 2.05) is 0 Å². The molecule has 0 saturated carbocycles. The SMILES string of the molecule is CC(Cc1ccc(C(C)(C)C)c(C(C)(C)C)c1)c1cccc(C(C)(C)C)c1. The van der Waals surface area contributed by atoms with Crippen molar-refractivity contribution in [2.75, 3.05) is 0 Å². The molecule has 0 radical (unpaired) electrons. The van der Waals surface area contributed by atoms with E-state index in [4.69, 9.17) is 0 Å². The molecule has 0 aromatic heterocycles. The monoisotopic (exact) mass is 364 g/mol. The highest BCUT2D eigenvalue weighted by molar-refractivity contribution is 5.41. The Morgan fingerprint density at radius 2 is 1.26 bits per heavy atom. The van der Waals surface area contributed by atoms with Gasteiger partial charge in [-0.2, -0.15) is 0 Å². The summed E-state index contributed by atoms with van der Waals surface area (Å²) in [5.74, 6) is 0.514. The topological polar surface area (TPSA) is 0 Å². The third-order valence-corrected chi connectivity index (χ3v) is 5.56. The molecular weight excluding hydrogens is 324 g/mol. The van der Waals surface area contributed by atoms with E-state index in [1.54, 1.807) is 0 Å². The molecule has 0 fully saturated rings. The van der Waals surface area contributed by atoms with Gasteiger partial charge in [0.1, 0.15) is 0 Å². The molecule has 0 aliphatic heterocycles. The first-order valence-electron chi connectivity index (χ1n) is 10.4. The zero-order chi connectivity index (χ0) is 20.6. The molecular formula is C27H40. The maximum atomic E-state index is 2.46. The summed E-state index contributed by atoms with van der Waals surface area (Å²) < 4.78 is 0. The van der Waals surface area contributed by atoms with Crippen LogP contribution in [0, 0.1) is 0 Å². The van der Waals surface area contributed by atoms with Crippen LogP contribution in [0.3, 0.4) is 0 Å². The summed E-state index contributed by atoms with van der Waals surface area (Å²) in [5.41, 5.74) is 7.81. The van der Waals surface area contributed by atoms with Gasteiger partial charge >= 0.3 is 0 Å². The average Bonchev–Trinajstić information content (AvgIpc) is 2.52. The lowest BCUT2D eigenvalue weighted by atomic mass is 9.74. The molecule has 0 spiro atoms. The Labute approximate surface area is 168 Å². The molecule has 1 unspecified atom stereocenters. The number of rotatable bonds is 3. The van der Waals surface area contributed by atoms with Crippen LogP contribution in [0.4, 0.5) is 0 Å². The van der Waals surface area contributed by atoms with Crippen LogP contribution in [-0.2, 0) is 22.7 Å². The van der Waals surface area contributed by atoms with Gasteiger partial charge in [0.05, 0.1) is 0 Å². The minimum absolute atomic E-state index is 0.161. The maximum Gasteiger partial charge on any atom is -0.0129 e. The van der Waals surface area contributed by atoms with E-state index in [0.717, 1.165) is 6.42 Å². The third kappa shape index (κ3) is 5.47. The second-order valence-corrected chi connectivity index (χ2v) is 11.4. The molecule has 0 aliphatic rings. The molecule has 2 rings (SSSR count). The van der Waals surface area contributed by atoms with Gasteiger partial charge in [0.15, 0.2) is 0 Å². The van der Waals surface area contributed by atoms with E-state index in [1.165, 1.54) is 27.8 Å². The normalized spacial score (nSPS) is 14.3. The van der Waals surface area contributed by atoms with Gasteiger partial charge in [0, 0.05) is 0 Å². The Bertz CT molecular complexity index is 773. The lowest BCUT2D eigenvalue weighted by Gasteiger charge is -2.31. The van der Waals surface area contributed by atoms with Crippen molar-refractivity contribution >= 4 is 0 Å². The molecule has 2 aromatic rings. The second-order valence-electron chi connectivity index (χ2n) is 11.4. The van der Waals surface area contributed by atoms with Crippen molar-refractivity contribution in [3.8, 4) is 0 Å². The van der Waals surface area contributed by atoms with E-state index in [2.05, 4.69) is 112 Å². The van der Waals surface area contributed by atoms with Crippen LogP contribution < -0.4 is 0 Å². The van der Waals surface area contributed by atoms with Gasteiger partial charge in [0.25, 0.3) is 0 Å². The van der Waals surface area contributed by atoms with Crippen LogP contribution in [0.15, 0.2) is 42.5 Å². The van der Waals surface area contributed by atoms with Gasteiger partial charge in [-0.3, -0.25) is 0 Å².